The zero-order valence-electron chi connectivity index (χ0n) is 22.6. The van der Waals surface area contributed by atoms with Crippen LogP contribution < -0.4 is 20.3 Å². The lowest BCUT2D eigenvalue weighted by atomic mass is 10.1. The van der Waals surface area contributed by atoms with Crippen molar-refractivity contribution in [3.63, 3.8) is 0 Å². The number of rotatable bonds is 10. The molecule has 2 aromatic heterocycles. The number of hydrogen-bond donors (Lipinski definition) is 3. The van der Waals surface area contributed by atoms with Crippen LogP contribution in [0.2, 0.25) is 0 Å². The van der Waals surface area contributed by atoms with Gasteiger partial charge < -0.3 is 34.9 Å². The Hall–Kier alpha value is -3.96. The average molecular weight is 537 g/mol. The Morgan fingerprint density at radius 3 is 2.67 bits per heavy atom. The van der Waals surface area contributed by atoms with E-state index in [1.54, 1.807) is 18.5 Å². The molecule has 11 heteroatoms. The number of aliphatic hydroxyl groups is 1. The third-order valence-electron chi connectivity index (χ3n) is 5.78. The number of pyridine rings is 1. The summed E-state index contributed by atoms with van der Waals surface area (Å²) in [4.78, 5) is 27.2. The maximum Gasteiger partial charge on any atom is 0.407 e. The van der Waals surface area contributed by atoms with E-state index >= 15 is 0 Å². The zero-order chi connectivity index (χ0) is 27.7. The number of alkyl carbamates (subject to hydrolysis) is 1. The lowest BCUT2D eigenvalue weighted by molar-refractivity contribution is 0.0525. The predicted molar refractivity (Wildman–Crippen MR) is 148 cm³/mol. The second kappa shape index (κ2) is 13.2. The number of ether oxygens (including phenoxy) is 3. The number of carbonyl (C=O) groups is 1. The Labute approximate surface area is 228 Å². The first kappa shape index (κ1) is 28.1. The highest BCUT2D eigenvalue weighted by Crippen LogP contribution is 2.27. The molecule has 1 aromatic carbocycles. The van der Waals surface area contributed by atoms with Gasteiger partial charge in [-0.05, 0) is 57.5 Å². The van der Waals surface area contributed by atoms with Crippen LogP contribution in [0, 0.1) is 0 Å². The summed E-state index contributed by atoms with van der Waals surface area (Å²) in [5, 5.41) is 15.9. The molecule has 0 atom stereocenters. The Balaban J connectivity index is 1.30. The fraction of sp³-hybridized carbons (Fsp3) is 0.429. The third kappa shape index (κ3) is 8.52. The normalized spacial score (nSPS) is 13.6. The minimum absolute atomic E-state index is 0.0660. The number of aromatic nitrogens is 3. The minimum atomic E-state index is -0.523. The molecule has 1 saturated heterocycles. The van der Waals surface area contributed by atoms with Gasteiger partial charge in [0.1, 0.15) is 5.60 Å². The molecule has 11 nitrogen and oxygen atoms in total. The number of carbonyl (C=O) groups excluding carboxylic acids is 1. The van der Waals surface area contributed by atoms with Crippen molar-refractivity contribution in [3.05, 3.63) is 54.4 Å². The van der Waals surface area contributed by atoms with E-state index in [4.69, 9.17) is 14.2 Å². The van der Waals surface area contributed by atoms with Crippen molar-refractivity contribution in [2.24, 2.45) is 0 Å². The molecule has 0 saturated carbocycles. The molecule has 1 fully saturated rings. The fourth-order valence-electron chi connectivity index (χ4n) is 3.98. The lowest BCUT2D eigenvalue weighted by Crippen LogP contribution is -2.36. The molecule has 1 amide bonds. The third-order valence-corrected chi connectivity index (χ3v) is 5.78. The Morgan fingerprint density at radius 2 is 1.95 bits per heavy atom. The van der Waals surface area contributed by atoms with Crippen molar-refractivity contribution in [2.75, 3.05) is 49.7 Å². The zero-order valence-corrected chi connectivity index (χ0v) is 22.6. The maximum absolute atomic E-state index is 11.7. The molecule has 1 aliphatic heterocycles. The van der Waals surface area contributed by atoms with Gasteiger partial charge in [-0.25, -0.2) is 19.7 Å². The molecule has 0 bridgehead atoms. The van der Waals surface area contributed by atoms with Crippen LogP contribution >= 0.6 is 0 Å². The van der Waals surface area contributed by atoms with Gasteiger partial charge in [-0.1, -0.05) is 0 Å². The highest BCUT2D eigenvalue weighted by molar-refractivity contribution is 5.67. The van der Waals surface area contributed by atoms with Gasteiger partial charge in [0.15, 0.2) is 0 Å². The van der Waals surface area contributed by atoms with Crippen molar-refractivity contribution in [3.8, 4) is 17.1 Å². The standard InChI is InChI=1S/C28H36N6O5/c1-28(2,3)39-27(36)30-10-4-14-38-25-8-5-20(18-31-25)23-9-11-29-26(33-23)32-22-6-7-24(21(17-22)19-35)34-12-15-37-16-13-34/h5-9,11,17-18,35H,4,10,12-16,19H2,1-3H3,(H,30,36)(H,29,32,33). The first-order valence-corrected chi connectivity index (χ1v) is 13.0. The van der Waals surface area contributed by atoms with Gasteiger partial charge in [-0.3, -0.25) is 0 Å². The summed E-state index contributed by atoms with van der Waals surface area (Å²) >= 11 is 0. The van der Waals surface area contributed by atoms with Crippen molar-refractivity contribution >= 4 is 23.4 Å². The summed E-state index contributed by atoms with van der Waals surface area (Å²) in [6, 6.07) is 11.3. The first-order valence-electron chi connectivity index (χ1n) is 13.0. The molecule has 4 rings (SSSR count). The molecule has 3 N–H and O–H groups in total. The van der Waals surface area contributed by atoms with E-state index in [1.165, 1.54) is 0 Å². The van der Waals surface area contributed by atoms with Crippen molar-refractivity contribution < 1.29 is 24.1 Å². The van der Waals surface area contributed by atoms with E-state index in [2.05, 4.69) is 30.5 Å². The van der Waals surface area contributed by atoms with Gasteiger partial charge in [0, 0.05) is 60.6 Å². The van der Waals surface area contributed by atoms with E-state index in [-0.39, 0.29) is 6.61 Å². The number of benzene rings is 1. The van der Waals surface area contributed by atoms with Crippen LogP contribution in [0.15, 0.2) is 48.8 Å². The molecule has 39 heavy (non-hydrogen) atoms. The number of nitrogens with one attached hydrogen (secondary N) is 2. The number of anilines is 3. The average Bonchev–Trinajstić information content (AvgIpc) is 2.93. The Morgan fingerprint density at radius 1 is 1.13 bits per heavy atom. The van der Waals surface area contributed by atoms with Crippen LogP contribution in [0.5, 0.6) is 5.88 Å². The summed E-state index contributed by atoms with van der Waals surface area (Å²) < 4.78 is 16.3. The smallest absolute Gasteiger partial charge is 0.407 e. The number of nitrogens with zero attached hydrogens (tertiary/aromatic N) is 4. The Bertz CT molecular complexity index is 1230. The van der Waals surface area contributed by atoms with Gasteiger partial charge in [-0.15, -0.1) is 0 Å². The molecule has 0 unspecified atom stereocenters. The predicted octanol–water partition coefficient (Wildman–Crippen LogP) is 3.90. The molecule has 0 spiro atoms. The first-order chi connectivity index (χ1) is 18.8. The topological polar surface area (TPSA) is 131 Å². The second-order valence-electron chi connectivity index (χ2n) is 10.0. The SMILES string of the molecule is CC(C)(C)OC(=O)NCCCOc1ccc(-c2ccnc(Nc3ccc(N4CCOCC4)c(CO)c3)n2)cn1. The van der Waals surface area contributed by atoms with E-state index in [0.29, 0.717) is 50.3 Å². The summed E-state index contributed by atoms with van der Waals surface area (Å²) in [6.45, 7) is 9.21. The van der Waals surface area contributed by atoms with E-state index in [1.807, 2.05) is 51.1 Å². The van der Waals surface area contributed by atoms with Gasteiger partial charge in [-0.2, -0.15) is 0 Å². The van der Waals surface area contributed by atoms with E-state index in [9.17, 15) is 9.90 Å². The van der Waals surface area contributed by atoms with Gasteiger partial charge in [0.2, 0.25) is 11.8 Å². The van der Waals surface area contributed by atoms with Crippen LogP contribution in [0.25, 0.3) is 11.3 Å². The van der Waals surface area contributed by atoms with Gasteiger partial charge in [0.05, 0.1) is 32.1 Å². The molecular weight excluding hydrogens is 500 g/mol. The molecular formula is C28H36N6O5. The fourth-order valence-corrected chi connectivity index (χ4v) is 3.98. The van der Waals surface area contributed by atoms with E-state index < -0.39 is 11.7 Å². The number of aliphatic hydroxyl groups excluding tert-OH is 1. The molecule has 3 heterocycles. The maximum atomic E-state index is 11.7. The molecule has 1 aliphatic rings. The van der Waals surface area contributed by atoms with Crippen molar-refractivity contribution in [1.82, 2.24) is 20.3 Å². The van der Waals surface area contributed by atoms with Crippen molar-refractivity contribution in [1.29, 1.82) is 0 Å². The summed E-state index contributed by atoms with van der Waals surface area (Å²) in [5.41, 5.74) is 3.63. The van der Waals surface area contributed by atoms with Crippen LogP contribution in [0.3, 0.4) is 0 Å². The van der Waals surface area contributed by atoms with Crippen LogP contribution in [-0.2, 0) is 16.1 Å². The monoisotopic (exact) mass is 536 g/mol. The van der Waals surface area contributed by atoms with Crippen LogP contribution in [0.1, 0.15) is 32.8 Å². The van der Waals surface area contributed by atoms with Crippen LogP contribution in [0.4, 0.5) is 22.1 Å². The van der Waals surface area contributed by atoms with Crippen LogP contribution in [-0.4, -0.2) is 71.2 Å². The molecule has 0 radical (unpaired) electrons. The minimum Gasteiger partial charge on any atom is -0.478 e. The van der Waals surface area contributed by atoms with E-state index in [0.717, 1.165) is 35.6 Å². The summed E-state index contributed by atoms with van der Waals surface area (Å²) in [5.74, 6) is 0.925. The number of morpholine rings is 1. The quantitative estimate of drug-likeness (QED) is 0.328. The van der Waals surface area contributed by atoms with Crippen molar-refractivity contribution in [2.45, 2.75) is 39.4 Å². The Kier molecular flexibility index (Phi) is 9.50. The highest BCUT2D eigenvalue weighted by atomic mass is 16.6. The summed E-state index contributed by atoms with van der Waals surface area (Å²) in [6.07, 6.45) is 3.56. The highest BCUT2D eigenvalue weighted by Gasteiger charge is 2.16. The molecule has 208 valence electrons. The number of hydrogen-bond acceptors (Lipinski definition) is 10. The van der Waals surface area contributed by atoms with Gasteiger partial charge in [0.25, 0.3) is 0 Å². The largest absolute Gasteiger partial charge is 0.478 e. The molecule has 0 aliphatic carbocycles. The van der Waals surface area contributed by atoms with Gasteiger partial charge >= 0.3 is 6.09 Å². The molecule has 3 aromatic rings. The summed E-state index contributed by atoms with van der Waals surface area (Å²) in [7, 11) is 0. The second-order valence-corrected chi connectivity index (χ2v) is 10.0. The lowest BCUT2D eigenvalue weighted by Gasteiger charge is -2.30. The number of amides is 1.